The molecule has 11 heteroatoms. The molecule has 38 heavy (non-hydrogen) atoms. The Kier molecular flexibility index (Phi) is 9.01. The van der Waals surface area contributed by atoms with Crippen molar-refractivity contribution in [2.24, 2.45) is 5.10 Å². The van der Waals surface area contributed by atoms with E-state index in [1.165, 1.54) is 6.92 Å². The van der Waals surface area contributed by atoms with Gasteiger partial charge < -0.3 is 19.5 Å². The first-order valence-corrected chi connectivity index (χ1v) is 13.2. The van der Waals surface area contributed by atoms with Gasteiger partial charge in [-0.25, -0.2) is 5.01 Å². The van der Waals surface area contributed by atoms with E-state index in [1.807, 2.05) is 36.4 Å². The second kappa shape index (κ2) is 12.6. The van der Waals surface area contributed by atoms with Gasteiger partial charge in [-0.2, -0.15) is 5.10 Å². The average Bonchev–Trinajstić information content (AvgIpc) is 3.33. The van der Waals surface area contributed by atoms with Gasteiger partial charge in [-0.1, -0.05) is 36.4 Å². The normalized spacial score (nSPS) is 16.5. The van der Waals surface area contributed by atoms with E-state index >= 15 is 0 Å². The molecule has 0 aromatic heterocycles. The fraction of sp³-hybridized carbons (Fsp3) is 0.370. The van der Waals surface area contributed by atoms with Crippen LogP contribution in [0.25, 0.3) is 0 Å². The van der Waals surface area contributed by atoms with E-state index in [4.69, 9.17) is 14.2 Å². The number of thioether (sulfide) groups is 1. The number of ether oxygens (including phenoxy) is 3. The van der Waals surface area contributed by atoms with Crippen molar-refractivity contribution < 1.29 is 33.4 Å². The second-order valence-electron chi connectivity index (χ2n) is 8.65. The first-order chi connectivity index (χ1) is 18.4. The Labute approximate surface area is 224 Å². The van der Waals surface area contributed by atoms with Crippen LogP contribution in [0, 0.1) is 0 Å². The van der Waals surface area contributed by atoms with Gasteiger partial charge in [-0.05, 0) is 55.1 Å². The molecule has 0 saturated carbocycles. The zero-order chi connectivity index (χ0) is 27.1. The van der Waals surface area contributed by atoms with E-state index in [0.717, 1.165) is 27.9 Å². The van der Waals surface area contributed by atoms with Crippen LogP contribution in [-0.4, -0.2) is 59.6 Å². The van der Waals surface area contributed by atoms with E-state index < -0.39 is 17.9 Å². The molecule has 0 saturated heterocycles. The maximum atomic E-state index is 13.3. The van der Waals surface area contributed by atoms with Crippen molar-refractivity contribution in [1.82, 2.24) is 10.3 Å². The Bertz CT molecular complexity index is 1250. The highest BCUT2D eigenvalue weighted by molar-refractivity contribution is 8.13. The summed E-state index contributed by atoms with van der Waals surface area (Å²) in [7, 11) is 0. The average molecular weight is 540 g/mol. The molecule has 0 bridgehead atoms. The largest absolute Gasteiger partial charge is 0.465 e. The van der Waals surface area contributed by atoms with Crippen LogP contribution in [0.15, 0.2) is 52.5 Å². The lowest BCUT2D eigenvalue weighted by atomic mass is 10.0. The molecule has 0 unspecified atom stereocenters. The summed E-state index contributed by atoms with van der Waals surface area (Å²) < 4.78 is 16.0. The van der Waals surface area contributed by atoms with E-state index in [-0.39, 0.29) is 37.4 Å². The highest BCUT2D eigenvalue weighted by atomic mass is 32.2. The van der Waals surface area contributed by atoms with Crippen molar-refractivity contribution in [1.29, 1.82) is 0 Å². The maximum absolute atomic E-state index is 13.3. The number of carbonyl (C=O) groups excluding carboxylic acids is 4. The Balaban J connectivity index is 1.46. The Morgan fingerprint density at radius 2 is 1.95 bits per heavy atom. The minimum absolute atomic E-state index is 0.0733. The summed E-state index contributed by atoms with van der Waals surface area (Å²) in [6.07, 6.45) is 1.17. The molecule has 0 spiro atoms. The number of rotatable bonds is 9. The Morgan fingerprint density at radius 3 is 2.68 bits per heavy atom. The van der Waals surface area contributed by atoms with Gasteiger partial charge in [0.2, 0.25) is 12.7 Å². The van der Waals surface area contributed by atoms with Crippen molar-refractivity contribution in [3.05, 3.63) is 53.6 Å². The number of esters is 1. The van der Waals surface area contributed by atoms with Crippen molar-refractivity contribution in [3.63, 3.8) is 0 Å². The number of nitrogens with one attached hydrogen (secondary N) is 1. The van der Waals surface area contributed by atoms with E-state index in [1.54, 1.807) is 13.0 Å². The molecule has 0 radical (unpaired) electrons. The van der Waals surface area contributed by atoms with E-state index in [2.05, 4.69) is 10.4 Å². The topological polar surface area (TPSA) is 124 Å². The molecular formula is C27H29N3O7S. The highest BCUT2D eigenvalue weighted by Crippen LogP contribution is 2.43. The fourth-order valence-electron chi connectivity index (χ4n) is 4.19. The van der Waals surface area contributed by atoms with Gasteiger partial charge in [0, 0.05) is 13.3 Å². The zero-order valence-electron chi connectivity index (χ0n) is 21.2. The second-order valence-corrected chi connectivity index (χ2v) is 9.84. The first kappa shape index (κ1) is 27.2. The third-order valence-corrected chi connectivity index (χ3v) is 6.87. The predicted octanol–water partition coefficient (Wildman–Crippen LogP) is 3.06. The predicted molar refractivity (Wildman–Crippen MR) is 140 cm³/mol. The molecule has 2 aliphatic heterocycles. The number of hydrogen-bond acceptors (Lipinski definition) is 9. The van der Waals surface area contributed by atoms with Gasteiger partial charge in [0.1, 0.15) is 12.6 Å². The molecule has 0 fully saturated rings. The number of aryl methyl sites for hydroxylation is 1. The molecular weight excluding hydrogens is 510 g/mol. The van der Waals surface area contributed by atoms with Gasteiger partial charge in [0.15, 0.2) is 16.6 Å². The molecule has 2 aromatic rings. The van der Waals surface area contributed by atoms with Crippen LogP contribution in [0.1, 0.15) is 44.2 Å². The quantitative estimate of drug-likeness (QED) is 0.381. The van der Waals surface area contributed by atoms with Crippen molar-refractivity contribution >= 4 is 40.4 Å². The van der Waals surface area contributed by atoms with Gasteiger partial charge in [-0.3, -0.25) is 19.2 Å². The lowest BCUT2D eigenvalue weighted by Crippen LogP contribution is -2.47. The van der Waals surface area contributed by atoms with Crippen molar-refractivity contribution in [2.75, 3.05) is 19.9 Å². The fourth-order valence-corrected chi connectivity index (χ4v) is 5.03. The van der Waals surface area contributed by atoms with E-state index in [9.17, 15) is 19.2 Å². The molecule has 1 atom stereocenters. The number of hydrogen-bond donors (Lipinski definition) is 1. The van der Waals surface area contributed by atoms with E-state index in [0.29, 0.717) is 41.4 Å². The molecule has 1 N–H and O–H groups in total. The Hall–Kier alpha value is -3.86. The number of amides is 2. The summed E-state index contributed by atoms with van der Waals surface area (Å²) in [6.45, 7) is 3.05. The van der Waals surface area contributed by atoms with Gasteiger partial charge in [0.05, 0.1) is 17.2 Å². The van der Waals surface area contributed by atoms with Crippen LogP contribution in [0.3, 0.4) is 0 Å². The smallest absolute Gasteiger partial charge is 0.327 e. The van der Waals surface area contributed by atoms with Crippen molar-refractivity contribution in [2.45, 2.75) is 50.5 Å². The van der Waals surface area contributed by atoms with Crippen LogP contribution in [0.5, 0.6) is 11.5 Å². The summed E-state index contributed by atoms with van der Waals surface area (Å²) in [5.41, 5.74) is 2.25. The molecule has 10 nitrogen and oxygen atoms in total. The van der Waals surface area contributed by atoms with Gasteiger partial charge in [-0.15, -0.1) is 0 Å². The van der Waals surface area contributed by atoms with Gasteiger partial charge >= 0.3 is 5.97 Å². The van der Waals surface area contributed by atoms with Gasteiger partial charge in [0.25, 0.3) is 5.91 Å². The number of fused-ring (bicyclic) bond motifs is 1. The number of benzene rings is 2. The Morgan fingerprint density at radius 1 is 1.16 bits per heavy atom. The molecule has 200 valence electrons. The first-order valence-electron chi connectivity index (χ1n) is 12.3. The van der Waals surface area contributed by atoms with Crippen LogP contribution < -0.4 is 14.8 Å². The van der Waals surface area contributed by atoms with Crippen LogP contribution in [0.4, 0.5) is 0 Å². The minimum Gasteiger partial charge on any atom is -0.465 e. The highest BCUT2D eigenvalue weighted by Gasteiger charge is 2.31. The summed E-state index contributed by atoms with van der Waals surface area (Å²) in [6, 6.07) is 12.1. The third-order valence-electron chi connectivity index (χ3n) is 5.93. The third kappa shape index (κ3) is 6.71. The monoisotopic (exact) mass is 539 g/mol. The summed E-state index contributed by atoms with van der Waals surface area (Å²) >= 11 is 1.03. The molecule has 0 aliphatic carbocycles. The molecule has 2 amide bonds. The summed E-state index contributed by atoms with van der Waals surface area (Å²) in [5, 5.41) is 8.24. The summed E-state index contributed by atoms with van der Waals surface area (Å²) in [4.78, 5) is 50.9. The number of hydrazone groups is 1. The summed E-state index contributed by atoms with van der Waals surface area (Å²) in [5.74, 6) is -0.335. The standard InChI is InChI=1S/C27H29N3O7S/c1-3-35-24(33)15-30-27(34)21(12-11-20(29-30)18-7-5-4-6-8-18)28-23(32)14-10-19-9-13-22-25(37-16-36-22)26(19)38-17(2)31/h4-9,13,21H,3,10-12,14-16H2,1-2H3,(H,28,32)/t21-/m0/s1. The maximum Gasteiger partial charge on any atom is 0.327 e. The molecule has 2 aliphatic rings. The SMILES string of the molecule is CCOC(=O)CN1N=C(c2ccccc2)CC[C@H](NC(=O)CCc2ccc3c(c2SC(C)=O)OCO3)C1=O. The lowest BCUT2D eigenvalue weighted by molar-refractivity contribution is -0.149. The van der Waals surface area contributed by atoms with Crippen LogP contribution in [-0.2, 0) is 30.3 Å². The molecule has 2 aromatic carbocycles. The van der Waals surface area contributed by atoms with Crippen molar-refractivity contribution in [3.8, 4) is 11.5 Å². The molecule has 4 rings (SSSR count). The number of carbonyl (C=O) groups is 4. The molecule has 2 heterocycles. The number of nitrogens with zero attached hydrogens (tertiary/aromatic N) is 2. The van der Waals surface area contributed by atoms with Crippen LogP contribution >= 0.6 is 11.8 Å². The lowest BCUT2D eigenvalue weighted by Gasteiger charge is -2.21. The van der Waals surface area contributed by atoms with Crippen LogP contribution in [0.2, 0.25) is 0 Å². The minimum atomic E-state index is -0.857. The zero-order valence-corrected chi connectivity index (χ0v) is 22.0.